The van der Waals surface area contributed by atoms with E-state index in [4.69, 9.17) is 27.6 Å². The summed E-state index contributed by atoms with van der Waals surface area (Å²) in [6.45, 7) is 0.588. The molecule has 1 aliphatic heterocycles. The van der Waals surface area contributed by atoms with Crippen LogP contribution in [-0.4, -0.2) is 55.1 Å². The van der Waals surface area contributed by atoms with Crippen molar-refractivity contribution in [2.24, 2.45) is 0 Å². The number of halogens is 2. The SMILES string of the molecule is CS(=O)(=O)c1cccc(CC[C@H](NC(=O)c2c(Cl)cc3c(c2Cl)CCN(C(=O)c2ccc4ccoc4c2)C3)C(=O)O)c1. The van der Waals surface area contributed by atoms with E-state index in [1.165, 1.54) is 12.1 Å². The standard InChI is InChI=1S/C30H26Cl2N2O7S/c1-42(39,40)21-4-2-3-17(13-21)5-8-24(30(37)38)33-28(35)26-23(31)14-20-16-34(11-9-22(20)27(26)32)29(36)19-7-6-18-10-12-41-25(18)15-19/h2-4,6-7,10,12-15,24H,5,8-9,11,16H2,1H3,(H,33,35)(H,37,38)/t24-/m0/s1. The second kappa shape index (κ2) is 11.8. The summed E-state index contributed by atoms with van der Waals surface area (Å²) in [5, 5.41) is 13.3. The Labute approximate surface area is 251 Å². The Morgan fingerprint density at radius 3 is 2.62 bits per heavy atom. The van der Waals surface area contributed by atoms with Crippen LogP contribution >= 0.6 is 23.2 Å². The molecule has 5 rings (SSSR count). The number of fused-ring (bicyclic) bond motifs is 2. The van der Waals surface area contributed by atoms with Gasteiger partial charge in [-0.2, -0.15) is 0 Å². The number of carboxylic acids is 1. The van der Waals surface area contributed by atoms with Crippen LogP contribution in [0.3, 0.4) is 0 Å². The maximum atomic E-state index is 13.2. The number of hydrogen-bond donors (Lipinski definition) is 2. The van der Waals surface area contributed by atoms with E-state index in [0.29, 0.717) is 40.8 Å². The first kappa shape index (κ1) is 29.6. The number of hydrogen-bond acceptors (Lipinski definition) is 6. The highest BCUT2D eigenvalue weighted by Gasteiger charge is 2.29. The molecule has 0 aliphatic carbocycles. The lowest BCUT2D eigenvalue weighted by Crippen LogP contribution is -2.41. The summed E-state index contributed by atoms with van der Waals surface area (Å²) in [5.41, 5.74) is 3.04. The largest absolute Gasteiger partial charge is 0.480 e. The van der Waals surface area contributed by atoms with Crippen LogP contribution in [0, 0.1) is 0 Å². The number of rotatable bonds is 8. The van der Waals surface area contributed by atoms with Crippen molar-refractivity contribution < 1.29 is 32.3 Å². The highest BCUT2D eigenvalue weighted by Crippen LogP contribution is 2.35. The number of furan rings is 1. The van der Waals surface area contributed by atoms with Crippen molar-refractivity contribution in [2.45, 2.75) is 36.7 Å². The number of amides is 2. The predicted molar refractivity (Wildman–Crippen MR) is 158 cm³/mol. The predicted octanol–water partition coefficient (Wildman–Crippen LogP) is 5.16. The Morgan fingerprint density at radius 1 is 1.10 bits per heavy atom. The Morgan fingerprint density at radius 2 is 1.88 bits per heavy atom. The molecule has 9 nitrogen and oxygen atoms in total. The Kier molecular flexibility index (Phi) is 8.32. The molecule has 1 atom stereocenters. The van der Waals surface area contributed by atoms with Gasteiger partial charge in [-0.25, -0.2) is 13.2 Å². The molecule has 42 heavy (non-hydrogen) atoms. The van der Waals surface area contributed by atoms with Gasteiger partial charge in [0.05, 0.1) is 26.8 Å². The van der Waals surface area contributed by atoms with Crippen LogP contribution in [0.1, 0.15) is 43.8 Å². The van der Waals surface area contributed by atoms with Crippen molar-refractivity contribution in [1.82, 2.24) is 10.2 Å². The third-order valence-electron chi connectivity index (χ3n) is 7.27. The van der Waals surface area contributed by atoms with Crippen LogP contribution in [0.25, 0.3) is 11.0 Å². The molecule has 218 valence electrons. The highest BCUT2D eigenvalue weighted by atomic mass is 35.5. The minimum absolute atomic E-state index is 0.00926. The quantitative estimate of drug-likeness (QED) is 0.275. The van der Waals surface area contributed by atoms with Gasteiger partial charge in [-0.05, 0) is 72.4 Å². The smallest absolute Gasteiger partial charge is 0.326 e. The molecule has 3 aromatic carbocycles. The summed E-state index contributed by atoms with van der Waals surface area (Å²) < 4.78 is 29.1. The van der Waals surface area contributed by atoms with Crippen molar-refractivity contribution in [2.75, 3.05) is 12.8 Å². The number of sulfone groups is 1. The molecule has 0 radical (unpaired) electrons. The number of nitrogens with zero attached hydrogens (tertiary/aromatic N) is 1. The molecule has 2 heterocycles. The first-order valence-electron chi connectivity index (χ1n) is 13.0. The molecule has 1 aromatic heterocycles. The van der Waals surface area contributed by atoms with Gasteiger partial charge in [-0.15, -0.1) is 0 Å². The van der Waals surface area contributed by atoms with Crippen LogP contribution in [-0.2, 0) is 34.0 Å². The van der Waals surface area contributed by atoms with Crippen molar-refractivity contribution in [3.63, 3.8) is 0 Å². The van der Waals surface area contributed by atoms with E-state index < -0.39 is 27.8 Å². The van der Waals surface area contributed by atoms with Crippen LogP contribution < -0.4 is 5.32 Å². The molecule has 4 aromatic rings. The molecule has 0 saturated heterocycles. The molecule has 12 heteroatoms. The van der Waals surface area contributed by atoms with Gasteiger partial charge in [-0.1, -0.05) is 41.4 Å². The molecular weight excluding hydrogens is 603 g/mol. The van der Waals surface area contributed by atoms with Crippen LogP contribution in [0.2, 0.25) is 10.0 Å². The van der Waals surface area contributed by atoms with Crippen LogP contribution in [0.5, 0.6) is 0 Å². The van der Waals surface area contributed by atoms with Crippen molar-refractivity contribution >= 4 is 61.8 Å². The summed E-state index contributed by atoms with van der Waals surface area (Å²) in [6, 6.07) is 13.6. The van der Waals surface area contributed by atoms with E-state index in [9.17, 15) is 27.9 Å². The first-order valence-corrected chi connectivity index (χ1v) is 15.7. The summed E-state index contributed by atoms with van der Waals surface area (Å²) in [4.78, 5) is 40.2. The number of carboxylic acid groups (broad SMARTS) is 1. The Hall–Kier alpha value is -3.86. The monoisotopic (exact) mass is 628 g/mol. The van der Waals surface area contributed by atoms with Crippen molar-refractivity contribution in [1.29, 1.82) is 0 Å². The van der Waals surface area contributed by atoms with E-state index in [0.717, 1.165) is 11.6 Å². The van der Waals surface area contributed by atoms with Crippen molar-refractivity contribution in [3.8, 4) is 0 Å². The molecule has 0 unspecified atom stereocenters. The molecule has 0 fully saturated rings. The van der Waals surface area contributed by atoms with Gasteiger partial charge >= 0.3 is 5.97 Å². The number of aryl methyl sites for hydroxylation is 1. The average molecular weight is 630 g/mol. The topological polar surface area (TPSA) is 134 Å². The molecule has 2 amide bonds. The minimum Gasteiger partial charge on any atom is -0.480 e. The van der Waals surface area contributed by atoms with Gasteiger partial charge in [0.1, 0.15) is 11.6 Å². The van der Waals surface area contributed by atoms with E-state index in [1.807, 2.05) is 12.1 Å². The number of carbonyl (C=O) groups is 3. The summed E-state index contributed by atoms with van der Waals surface area (Å²) in [5.74, 6) is -2.18. The highest BCUT2D eigenvalue weighted by molar-refractivity contribution is 7.90. The molecule has 0 spiro atoms. The molecule has 2 N–H and O–H groups in total. The number of benzene rings is 3. The number of aliphatic carboxylic acids is 1. The lowest BCUT2D eigenvalue weighted by atomic mass is 9.95. The average Bonchev–Trinajstić information content (AvgIpc) is 3.42. The van der Waals surface area contributed by atoms with Gasteiger partial charge < -0.3 is 19.7 Å². The maximum absolute atomic E-state index is 13.2. The fourth-order valence-electron chi connectivity index (χ4n) is 5.03. The van der Waals surface area contributed by atoms with Gasteiger partial charge in [0, 0.05) is 30.3 Å². The maximum Gasteiger partial charge on any atom is 0.326 e. The van der Waals surface area contributed by atoms with Gasteiger partial charge in [0.2, 0.25) is 0 Å². The fourth-order valence-corrected chi connectivity index (χ4v) is 6.49. The minimum atomic E-state index is -3.42. The lowest BCUT2D eigenvalue weighted by molar-refractivity contribution is -0.139. The van der Waals surface area contributed by atoms with Gasteiger partial charge in [0.25, 0.3) is 11.8 Å². The van der Waals surface area contributed by atoms with Crippen LogP contribution in [0.15, 0.2) is 70.2 Å². The Bertz CT molecular complexity index is 1830. The van der Waals surface area contributed by atoms with Crippen molar-refractivity contribution in [3.05, 3.63) is 98.7 Å². The second-order valence-corrected chi connectivity index (χ2v) is 13.0. The Balaban J connectivity index is 1.30. The molecular formula is C30H26Cl2N2O7S. The molecule has 0 bridgehead atoms. The van der Waals surface area contributed by atoms with E-state index in [2.05, 4.69) is 5.32 Å². The lowest BCUT2D eigenvalue weighted by Gasteiger charge is -2.30. The van der Waals surface area contributed by atoms with Crippen LogP contribution in [0.4, 0.5) is 0 Å². The zero-order chi connectivity index (χ0) is 30.2. The fraction of sp³-hybridized carbons (Fsp3) is 0.233. The third kappa shape index (κ3) is 6.16. The number of nitrogens with one attached hydrogen (secondary N) is 1. The normalized spacial score (nSPS) is 13.9. The van der Waals surface area contributed by atoms with E-state index in [1.54, 1.807) is 41.5 Å². The zero-order valence-corrected chi connectivity index (χ0v) is 24.7. The second-order valence-electron chi connectivity index (χ2n) is 10.2. The summed E-state index contributed by atoms with van der Waals surface area (Å²) >= 11 is 13.1. The number of carbonyl (C=O) groups excluding carboxylic acids is 2. The van der Waals surface area contributed by atoms with E-state index >= 15 is 0 Å². The molecule has 0 saturated carbocycles. The summed E-state index contributed by atoms with van der Waals surface area (Å²) in [7, 11) is -3.42. The van der Waals surface area contributed by atoms with Gasteiger partial charge in [-0.3, -0.25) is 9.59 Å². The van der Waals surface area contributed by atoms with Gasteiger partial charge in [0.15, 0.2) is 9.84 Å². The zero-order valence-electron chi connectivity index (χ0n) is 22.4. The van der Waals surface area contributed by atoms with E-state index in [-0.39, 0.29) is 45.8 Å². The third-order valence-corrected chi connectivity index (χ3v) is 9.10. The summed E-state index contributed by atoms with van der Waals surface area (Å²) in [6.07, 6.45) is 3.25. The molecule has 1 aliphatic rings. The first-order chi connectivity index (χ1) is 19.9.